The molecule has 112 valence electrons. The fraction of sp³-hybridized carbons (Fsp3) is 1.00. The van der Waals surface area contributed by atoms with E-state index in [-0.39, 0.29) is 0 Å². The Morgan fingerprint density at radius 3 is 2.32 bits per heavy atom. The monoisotopic (exact) mass is 266 g/mol. The van der Waals surface area contributed by atoms with Crippen molar-refractivity contribution in [2.45, 2.75) is 78.9 Å². The topological polar surface area (TPSA) is 15.3 Å². The lowest BCUT2D eigenvalue weighted by Crippen LogP contribution is -2.64. The third kappa shape index (κ3) is 3.33. The molecule has 0 bridgehead atoms. The zero-order chi connectivity index (χ0) is 14.2. The number of hydrogen-bond donors (Lipinski definition) is 1. The molecule has 2 fully saturated rings. The highest BCUT2D eigenvalue weighted by molar-refractivity contribution is 4.97. The molecule has 19 heavy (non-hydrogen) atoms. The number of piperazine rings is 1. The van der Waals surface area contributed by atoms with Gasteiger partial charge in [-0.2, -0.15) is 0 Å². The molecule has 1 saturated heterocycles. The summed E-state index contributed by atoms with van der Waals surface area (Å²) in [6.45, 7) is 16.8. The van der Waals surface area contributed by atoms with Gasteiger partial charge >= 0.3 is 0 Å². The van der Waals surface area contributed by atoms with E-state index >= 15 is 0 Å². The normalized spacial score (nSPS) is 38.1. The van der Waals surface area contributed by atoms with Crippen molar-refractivity contribution in [3.05, 3.63) is 0 Å². The molecule has 2 heteroatoms. The van der Waals surface area contributed by atoms with Gasteiger partial charge in [0.2, 0.25) is 0 Å². The molecule has 1 heterocycles. The van der Waals surface area contributed by atoms with Crippen LogP contribution in [0.15, 0.2) is 0 Å². The standard InChI is InChI=1S/C17H34N2/c1-12(2)15-10-18-16(17(4,5)6)11-19(15)14-9-7-8-13(14)3/h12-16,18H,7-11H2,1-6H3. The Kier molecular flexibility index (Phi) is 4.62. The minimum atomic E-state index is 0.363. The first-order valence-electron chi connectivity index (χ1n) is 8.30. The fourth-order valence-corrected chi connectivity index (χ4v) is 3.99. The van der Waals surface area contributed by atoms with Crippen molar-refractivity contribution in [3.8, 4) is 0 Å². The van der Waals surface area contributed by atoms with E-state index in [1.165, 1.54) is 32.4 Å². The van der Waals surface area contributed by atoms with E-state index < -0.39 is 0 Å². The first-order valence-corrected chi connectivity index (χ1v) is 8.30. The van der Waals surface area contributed by atoms with Gasteiger partial charge in [0.15, 0.2) is 0 Å². The predicted octanol–water partition coefficient (Wildman–Crippen LogP) is 3.52. The summed E-state index contributed by atoms with van der Waals surface area (Å²) in [7, 11) is 0. The van der Waals surface area contributed by atoms with Gasteiger partial charge in [0, 0.05) is 31.2 Å². The van der Waals surface area contributed by atoms with Crippen LogP contribution in [-0.4, -0.2) is 36.1 Å². The number of nitrogens with one attached hydrogen (secondary N) is 1. The van der Waals surface area contributed by atoms with Crippen LogP contribution < -0.4 is 5.32 Å². The molecule has 2 nitrogen and oxygen atoms in total. The van der Waals surface area contributed by atoms with Crippen LogP contribution >= 0.6 is 0 Å². The van der Waals surface area contributed by atoms with Crippen molar-refractivity contribution in [2.75, 3.05) is 13.1 Å². The van der Waals surface area contributed by atoms with Crippen LogP contribution in [0.4, 0.5) is 0 Å². The average molecular weight is 266 g/mol. The van der Waals surface area contributed by atoms with Crippen LogP contribution in [-0.2, 0) is 0 Å². The van der Waals surface area contributed by atoms with E-state index in [9.17, 15) is 0 Å². The zero-order valence-corrected chi connectivity index (χ0v) is 13.9. The van der Waals surface area contributed by atoms with Crippen molar-refractivity contribution in [3.63, 3.8) is 0 Å². The predicted molar refractivity (Wildman–Crippen MR) is 83.4 cm³/mol. The summed E-state index contributed by atoms with van der Waals surface area (Å²) in [5.74, 6) is 1.64. The maximum Gasteiger partial charge on any atom is 0.0247 e. The van der Waals surface area contributed by atoms with Crippen molar-refractivity contribution in [2.24, 2.45) is 17.3 Å². The number of rotatable bonds is 2. The SMILES string of the molecule is CC(C)C1CNC(C(C)(C)C)CN1C1CCCC1C. The maximum absolute atomic E-state index is 3.82. The summed E-state index contributed by atoms with van der Waals surface area (Å²) in [6, 6.07) is 2.19. The molecular weight excluding hydrogens is 232 g/mol. The number of nitrogens with zero attached hydrogens (tertiary/aromatic N) is 1. The molecule has 0 aromatic heterocycles. The Morgan fingerprint density at radius 1 is 1.16 bits per heavy atom. The molecule has 0 radical (unpaired) electrons. The van der Waals surface area contributed by atoms with Gasteiger partial charge in [-0.05, 0) is 30.1 Å². The van der Waals surface area contributed by atoms with Crippen LogP contribution in [0.1, 0.15) is 60.8 Å². The summed E-state index contributed by atoms with van der Waals surface area (Å²) in [6.07, 6.45) is 4.28. The summed E-state index contributed by atoms with van der Waals surface area (Å²) < 4.78 is 0. The fourth-order valence-electron chi connectivity index (χ4n) is 3.99. The molecule has 0 amide bonds. The molecule has 4 unspecified atom stereocenters. The summed E-state index contributed by atoms with van der Waals surface area (Å²) >= 11 is 0. The Labute approximate surface area is 120 Å². The molecule has 1 saturated carbocycles. The van der Waals surface area contributed by atoms with E-state index in [4.69, 9.17) is 0 Å². The van der Waals surface area contributed by atoms with Gasteiger partial charge in [-0.15, -0.1) is 0 Å². The zero-order valence-electron chi connectivity index (χ0n) is 13.9. The first-order chi connectivity index (χ1) is 8.80. The van der Waals surface area contributed by atoms with Gasteiger partial charge in [0.05, 0.1) is 0 Å². The highest BCUT2D eigenvalue weighted by atomic mass is 15.3. The second-order valence-corrected chi connectivity index (χ2v) is 8.31. The lowest BCUT2D eigenvalue weighted by molar-refractivity contribution is 0.0184. The third-order valence-electron chi connectivity index (χ3n) is 5.45. The van der Waals surface area contributed by atoms with Gasteiger partial charge < -0.3 is 5.32 Å². The maximum atomic E-state index is 3.82. The minimum Gasteiger partial charge on any atom is -0.311 e. The molecule has 0 aromatic carbocycles. The van der Waals surface area contributed by atoms with E-state index in [0.29, 0.717) is 11.5 Å². The van der Waals surface area contributed by atoms with Crippen molar-refractivity contribution >= 4 is 0 Å². The molecule has 2 rings (SSSR count). The second kappa shape index (κ2) is 5.73. The van der Waals surface area contributed by atoms with E-state index in [1.54, 1.807) is 0 Å². The Hall–Kier alpha value is -0.0800. The van der Waals surface area contributed by atoms with Crippen LogP contribution in [0.25, 0.3) is 0 Å². The van der Waals surface area contributed by atoms with Gasteiger partial charge in [0.25, 0.3) is 0 Å². The van der Waals surface area contributed by atoms with E-state index in [2.05, 4.69) is 51.8 Å². The Bertz CT molecular complexity index is 290. The van der Waals surface area contributed by atoms with Gasteiger partial charge in [-0.1, -0.05) is 48.0 Å². The average Bonchev–Trinajstić information content (AvgIpc) is 2.73. The molecular formula is C17H34N2. The third-order valence-corrected chi connectivity index (χ3v) is 5.45. The number of hydrogen-bond acceptors (Lipinski definition) is 2. The Balaban J connectivity index is 2.13. The molecule has 4 atom stereocenters. The molecule has 1 aliphatic heterocycles. The quantitative estimate of drug-likeness (QED) is 0.822. The molecule has 0 aromatic rings. The smallest absolute Gasteiger partial charge is 0.0247 e. The second-order valence-electron chi connectivity index (χ2n) is 8.31. The van der Waals surface area contributed by atoms with Crippen LogP contribution in [0.3, 0.4) is 0 Å². The summed E-state index contributed by atoms with van der Waals surface area (Å²) in [4.78, 5) is 2.87. The van der Waals surface area contributed by atoms with Crippen LogP contribution in [0.5, 0.6) is 0 Å². The van der Waals surface area contributed by atoms with Crippen LogP contribution in [0.2, 0.25) is 0 Å². The van der Waals surface area contributed by atoms with Crippen molar-refractivity contribution < 1.29 is 0 Å². The molecule has 1 aliphatic carbocycles. The van der Waals surface area contributed by atoms with Crippen molar-refractivity contribution in [1.82, 2.24) is 10.2 Å². The molecule has 1 N–H and O–H groups in total. The highest BCUT2D eigenvalue weighted by Gasteiger charge is 2.40. The largest absolute Gasteiger partial charge is 0.311 e. The van der Waals surface area contributed by atoms with Crippen LogP contribution in [0, 0.1) is 17.3 Å². The summed E-state index contributed by atoms with van der Waals surface area (Å²) in [5, 5.41) is 3.82. The Morgan fingerprint density at radius 2 is 1.84 bits per heavy atom. The molecule has 2 aliphatic rings. The first kappa shape index (κ1) is 15.3. The van der Waals surface area contributed by atoms with Gasteiger partial charge in [-0.25, -0.2) is 0 Å². The highest BCUT2D eigenvalue weighted by Crippen LogP contribution is 2.35. The van der Waals surface area contributed by atoms with Crippen molar-refractivity contribution in [1.29, 1.82) is 0 Å². The van der Waals surface area contributed by atoms with Gasteiger partial charge in [0.1, 0.15) is 0 Å². The lowest BCUT2D eigenvalue weighted by atomic mass is 9.82. The van der Waals surface area contributed by atoms with E-state index in [1.807, 2.05) is 0 Å². The van der Waals surface area contributed by atoms with Gasteiger partial charge in [-0.3, -0.25) is 4.90 Å². The summed E-state index contributed by atoms with van der Waals surface area (Å²) in [5.41, 5.74) is 0.363. The van der Waals surface area contributed by atoms with E-state index in [0.717, 1.165) is 23.9 Å². The molecule has 0 spiro atoms. The lowest BCUT2D eigenvalue weighted by Gasteiger charge is -2.49. The minimum absolute atomic E-state index is 0.363.